The monoisotopic (exact) mass is 394 g/mol. The van der Waals surface area contributed by atoms with Gasteiger partial charge in [0.25, 0.3) is 0 Å². The number of rotatable bonds is 4. The first-order valence-corrected chi connectivity index (χ1v) is 9.48. The van der Waals surface area contributed by atoms with Crippen LogP contribution in [0.15, 0.2) is 22.7 Å². The second kappa shape index (κ2) is 8.15. The Morgan fingerprint density at radius 2 is 1.71 bits per heavy atom. The van der Waals surface area contributed by atoms with Gasteiger partial charge in [0, 0.05) is 16.2 Å². The van der Waals surface area contributed by atoms with Crippen molar-refractivity contribution in [1.82, 2.24) is 5.32 Å². The maximum absolute atomic E-state index is 12.6. The standard InChI is InChI=1S/C19H27BrN2O2/c1-13-12-14(20)10-11-16(13)22-18(24)19(2,3)17(23)21-15-8-6-4-5-7-9-15/h10-12,15H,4-9H2,1-3H3,(H,21,23)(H,22,24). The van der Waals surface area contributed by atoms with Gasteiger partial charge in [0.1, 0.15) is 5.41 Å². The van der Waals surface area contributed by atoms with Crippen LogP contribution in [0.1, 0.15) is 57.9 Å². The molecule has 0 radical (unpaired) electrons. The van der Waals surface area contributed by atoms with Crippen LogP contribution in [0.5, 0.6) is 0 Å². The van der Waals surface area contributed by atoms with Gasteiger partial charge in [-0.2, -0.15) is 0 Å². The van der Waals surface area contributed by atoms with Crippen molar-refractivity contribution in [1.29, 1.82) is 0 Å². The third kappa shape index (κ3) is 4.82. The number of aryl methyl sites for hydroxylation is 1. The second-order valence-electron chi connectivity index (χ2n) is 7.20. The minimum absolute atomic E-state index is 0.193. The summed E-state index contributed by atoms with van der Waals surface area (Å²) in [5.74, 6) is -0.472. The number of benzene rings is 1. The number of hydrogen-bond acceptors (Lipinski definition) is 2. The molecular formula is C19H27BrN2O2. The summed E-state index contributed by atoms with van der Waals surface area (Å²) >= 11 is 3.41. The predicted octanol–water partition coefficient (Wildman–Crippen LogP) is 4.56. The molecule has 0 atom stereocenters. The maximum atomic E-state index is 12.6. The fourth-order valence-electron chi connectivity index (χ4n) is 2.94. The van der Waals surface area contributed by atoms with Gasteiger partial charge < -0.3 is 10.6 Å². The first kappa shape index (κ1) is 19.0. The number of anilines is 1. The Morgan fingerprint density at radius 3 is 2.29 bits per heavy atom. The smallest absolute Gasteiger partial charge is 0.239 e. The van der Waals surface area contributed by atoms with Gasteiger partial charge in [0.05, 0.1) is 0 Å². The van der Waals surface area contributed by atoms with Gasteiger partial charge in [-0.15, -0.1) is 0 Å². The zero-order valence-electron chi connectivity index (χ0n) is 14.7. The number of nitrogens with one attached hydrogen (secondary N) is 2. The van der Waals surface area contributed by atoms with E-state index in [0.717, 1.165) is 41.4 Å². The van der Waals surface area contributed by atoms with Crippen LogP contribution in [0.2, 0.25) is 0 Å². The first-order valence-electron chi connectivity index (χ1n) is 8.69. The van der Waals surface area contributed by atoms with E-state index >= 15 is 0 Å². The molecule has 24 heavy (non-hydrogen) atoms. The minimum Gasteiger partial charge on any atom is -0.352 e. The molecule has 1 fully saturated rings. The van der Waals surface area contributed by atoms with E-state index in [0.29, 0.717) is 0 Å². The number of carbonyl (C=O) groups is 2. The lowest BCUT2D eigenvalue weighted by molar-refractivity contribution is -0.138. The highest BCUT2D eigenvalue weighted by Gasteiger charge is 2.37. The molecule has 2 amide bonds. The van der Waals surface area contributed by atoms with E-state index in [1.807, 2.05) is 25.1 Å². The molecule has 1 aliphatic rings. The predicted molar refractivity (Wildman–Crippen MR) is 101 cm³/mol. The topological polar surface area (TPSA) is 58.2 Å². The van der Waals surface area contributed by atoms with Crippen LogP contribution in [0.25, 0.3) is 0 Å². The van der Waals surface area contributed by atoms with Crippen LogP contribution in [0.3, 0.4) is 0 Å². The second-order valence-corrected chi connectivity index (χ2v) is 8.12. The molecule has 2 rings (SSSR count). The van der Waals surface area contributed by atoms with Crippen molar-refractivity contribution >= 4 is 33.4 Å². The van der Waals surface area contributed by atoms with E-state index in [1.54, 1.807) is 13.8 Å². The van der Waals surface area contributed by atoms with E-state index in [-0.39, 0.29) is 17.9 Å². The molecule has 0 saturated heterocycles. The lowest BCUT2D eigenvalue weighted by atomic mass is 9.90. The third-order valence-electron chi connectivity index (χ3n) is 4.76. The molecule has 2 N–H and O–H groups in total. The average Bonchev–Trinajstić information content (AvgIpc) is 2.78. The lowest BCUT2D eigenvalue weighted by Gasteiger charge is -2.26. The molecule has 1 saturated carbocycles. The molecule has 5 heteroatoms. The van der Waals surface area contributed by atoms with Crippen LogP contribution in [0, 0.1) is 12.3 Å². The van der Waals surface area contributed by atoms with E-state index in [9.17, 15) is 9.59 Å². The molecule has 1 aliphatic carbocycles. The number of halogens is 1. The van der Waals surface area contributed by atoms with Gasteiger partial charge in [-0.25, -0.2) is 0 Å². The molecule has 0 heterocycles. The van der Waals surface area contributed by atoms with Gasteiger partial charge in [-0.1, -0.05) is 41.6 Å². The van der Waals surface area contributed by atoms with Crippen molar-refractivity contribution in [3.63, 3.8) is 0 Å². The first-order chi connectivity index (χ1) is 11.3. The zero-order chi connectivity index (χ0) is 17.7. The van der Waals surface area contributed by atoms with Gasteiger partial charge in [-0.05, 0) is 57.4 Å². The summed E-state index contributed by atoms with van der Waals surface area (Å²) in [7, 11) is 0. The fourth-order valence-corrected chi connectivity index (χ4v) is 3.41. The van der Waals surface area contributed by atoms with Crippen LogP contribution < -0.4 is 10.6 Å². The lowest BCUT2D eigenvalue weighted by Crippen LogP contribution is -2.48. The quantitative estimate of drug-likeness (QED) is 0.580. The SMILES string of the molecule is Cc1cc(Br)ccc1NC(=O)C(C)(C)C(=O)NC1CCCCCC1. The molecule has 0 unspecified atom stereocenters. The highest BCUT2D eigenvalue weighted by atomic mass is 79.9. The Kier molecular flexibility index (Phi) is 6.44. The third-order valence-corrected chi connectivity index (χ3v) is 5.26. The number of amides is 2. The Hall–Kier alpha value is -1.36. The number of carbonyl (C=O) groups excluding carboxylic acids is 2. The van der Waals surface area contributed by atoms with Crippen LogP contribution >= 0.6 is 15.9 Å². The molecule has 132 valence electrons. The molecule has 4 nitrogen and oxygen atoms in total. The Balaban J connectivity index is 2.01. The Morgan fingerprint density at radius 1 is 1.08 bits per heavy atom. The average molecular weight is 395 g/mol. The normalized spacial score (nSPS) is 16.3. The summed E-state index contributed by atoms with van der Waals surface area (Å²) in [5, 5.41) is 5.97. The van der Waals surface area contributed by atoms with Crippen molar-refractivity contribution in [2.24, 2.45) is 5.41 Å². The van der Waals surface area contributed by atoms with E-state index < -0.39 is 5.41 Å². The highest BCUT2D eigenvalue weighted by molar-refractivity contribution is 9.10. The maximum Gasteiger partial charge on any atom is 0.239 e. The van der Waals surface area contributed by atoms with Crippen LogP contribution in [-0.2, 0) is 9.59 Å². The van der Waals surface area contributed by atoms with Crippen molar-refractivity contribution in [3.05, 3.63) is 28.2 Å². The highest BCUT2D eigenvalue weighted by Crippen LogP contribution is 2.25. The summed E-state index contributed by atoms with van der Waals surface area (Å²) in [4.78, 5) is 25.3. The summed E-state index contributed by atoms with van der Waals surface area (Å²) < 4.78 is 0.961. The summed E-state index contributed by atoms with van der Waals surface area (Å²) in [5.41, 5.74) is 0.586. The summed E-state index contributed by atoms with van der Waals surface area (Å²) in [6.07, 6.45) is 6.79. The van der Waals surface area contributed by atoms with Gasteiger partial charge >= 0.3 is 0 Å². The van der Waals surface area contributed by atoms with E-state index in [2.05, 4.69) is 26.6 Å². The minimum atomic E-state index is -1.11. The van der Waals surface area contributed by atoms with E-state index in [1.165, 1.54) is 12.8 Å². The Labute approximate surface area is 152 Å². The van der Waals surface area contributed by atoms with E-state index in [4.69, 9.17) is 0 Å². The molecule has 1 aromatic rings. The molecule has 0 spiro atoms. The molecule has 0 aliphatic heterocycles. The van der Waals surface area contributed by atoms with Gasteiger partial charge in [0.2, 0.25) is 11.8 Å². The molecule has 0 aromatic heterocycles. The van der Waals surface area contributed by atoms with Crippen molar-refractivity contribution < 1.29 is 9.59 Å². The largest absolute Gasteiger partial charge is 0.352 e. The van der Waals surface area contributed by atoms with Crippen LogP contribution in [0.4, 0.5) is 5.69 Å². The van der Waals surface area contributed by atoms with Crippen molar-refractivity contribution in [2.45, 2.75) is 65.3 Å². The fraction of sp³-hybridized carbons (Fsp3) is 0.579. The van der Waals surface area contributed by atoms with Gasteiger partial charge in [-0.3, -0.25) is 9.59 Å². The van der Waals surface area contributed by atoms with Crippen molar-refractivity contribution in [3.8, 4) is 0 Å². The molecule has 0 bridgehead atoms. The summed E-state index contributed by atoms with van der Waals surface area (Å²) in [6.45, 7) is 5.30. The number of hydrogen-bond donors (Lipinski definition) is 2. The van der Waals surface area contributed by atoms with Crippen molar-refractivity contribution in [2.75, 3.05) is 5.32 Å². The molecule has 1 aromatic carbocycles. The Bertz CT molecular complexity index is 605. The summed E-state index contributed by atoms with van der Waals surface area (Å²) in [6, 6.07) is 5.85. The molecular weight excluding hydrogens is 368 g/mol. The zero-order valence-corrected chi connectivity index (χ0v) is 16.3. The van der Waals surface area contributed by atoms with Gasteiger partial charge in [0.15, 0.2) is 0 Å². The van der Waals surface area contributed by atoms with Crippen LogP contribution in [-0.4, -0.2) is 17.9 Å².